The maximum absolute atomic E-state index is 5.28. The van der Waals surface area contributed by atoms with Gasteiger partial charge in [-0.05, 0) is 20.8 Å². The Labute approximate surface area is 89.2 Å². The Bertz CT molecular complexity index is 257. The van der Waals surface area contributed by atoms with E-state index in [1.165, 1.54) is 6.26 Å². The zero-order valence-electron chi connectivity index (χ0n) is 9.24. The Balaban J connectivity index is 2.62. The Morgan fingerprint density at radius 2 is 1.53 bits per heavy atom. The van der Waals surface area contributed by atoms with Gasteiger partial charge in [0, 0.05) is 0 Å². The Morgan fingerprint density at radius 1 is 0.933 bits per heavy atom. The molecule has 0 aromatic rings. The third-order valence-electron chi connectivity index (χ3n) is 1.46. The fraction of sp³-hybridized carbons (Fsp3) is 0.600. The molecule has 0 unspecified atom stereocenters. The molecule has 1 rings (SSSR count). The maximum atomic E-state index is 5.28. The van der Waals surface area contributed by atoms with E-state index in [4.69, 9.17) is 23.7 Å². The highest BCUT2D eigenvalue weighted by Gasteiger charge is 2.21. The Kier molecular flexibility index (Phi) is 4.66. The molecule has 0 fully saturated rings. The molecule has 0 saturated carbocycles. The molecule has 1 aliphatic heterocycles. The second-order valence-electron chi connectivity index (χ2n) is 2.53. The predicted molar refractivity (Wildman–Crippen MR) is 52.2 cm³/mol. The molecule has 0 aromatic carbocycles. The van der Waals surface area contributed by atoms with Crippen molar-refractivity contribution >= 4 is 0 Å². The Hall–Kier alpha value is -1.52. The van der Waals surface area contributed by atoms with Crippen molar-refractivity contribution in [1.82, 2.24) is 0 Å². The van der Waals surface area contributed by atoms with Gasteiger partial charge in [0.25, 0.3) is 0 Å². The standard InChI is InChI=1S/C10H16O5/c1-4-11-8-7-14-9(12-5-2)10(15-8)13-6-3/h7H,4-6H2,1-3H3. The minimum atomic E-state index is 0.199. The largest absolute Gasteiger partial charge is 0.463 e. The van der Waals surface area contributed by atoms with Crippen molar-refractivity contribution in [3.05, 3.63) is 24.1 Å². The number of hydrogen-bond donors (Lipinski definition) is 0. The van der Waals surface area contributed by atoms with Gasteiger partial charge in [0.05, 0.1) is 19.8 Å². The molecule has 0 aliphatic carbocycles. The molecule has 0 bridgehead atoms. The molecule has 0 atom stereocenters. The monoisotopic (exact) mass is 216 g/mol. The van der Waals surface area contributed by atoms with Crippen LogP contribution in [0.3, 0.4) is 0 Å². The van der Waals surface area contributed by atoms with Gasteiger partial charge in [-0.3, -0.25) is 0 Å². The fourth-order valence-corrected chi connectivity index (χ4v) is 0.956. The van der Waals surface area contributed by atoms with Crippen LogP contribution in [-0.2, 0) is 23.7 Å². The topological polar surface area (TPSA) is 46.2 Å². The molecule has 1 aliphatic rings. The highest BCUT2D eigenvalue weighted by atomic mass is 16.8. The number of hydrogen-bond acceptors (Lipinski definition) is 5. The summed E-state index contributed by atoms with van der Waals surface area (Å²) in [5, 5.41) is 0. The van der Waals surface area contributed by atoms with Crippen molar-refractivity contribution in [3.63, 3.8) is 0 Å². The quantitative estimate of drug-likeness (QED) is 0.680. The smallest absolute Gasteiger partial charge is 0.372 e. The molecule has 5 nitrogen and oxygen atoms in total. The van der Waals surface area contributed by atoms with Crippen molar-refractivity contribution in [2.75, 3.05) is 19.8 Å². The van der Waals surface area contributed by atoms with Gasteiger partial charge in [0.2, 0.25) is 0 Å². The van der Waals surface area contributed by atoms with Crippen LogP contribution < -0.4 is 0 Å². The van der Waals surface area contributed by atoms with Gasteiger partial charge in [-0.15, -0.1) is 0 Å². The van der Waals surface area contributed by atoms with E-state index in [-0.39, 0.29) is 17.8 Å². The number of rotatable bonds is 6. The average molecular weight is 216 g/mol. The van der Waals surface area contributed by atoms with E-state index in [0.29, 0.717) is 19.8 Å². The van der Waals surface area contributed by atoms with Crippen LogP contribution in [0, 0.1) is 0 Å². The minimum Gasteiger partial charge on any atom is -0.463 e. The van der Waals surface area contributed by atoms with Gasteiger partial charge in [-0.2, -0.15) is 0 Å². The normalized spacial score (nSPS) is 15.0. The lowest BCUT2D eigenvalue weighted by molar-refractivity contribution is -0.0671. The highest BCUT2D eigenvalue weighted by Crippen LogP contribution is 2.21. The van der Waals surface area contributed by atoms with Gasteiger partial charge in [0.15, 0.2) is 6.26 Å². The second-order valence-corrected chi connectivity index (χ2v) is 2.53. The highest BCUT2D eigenvalue weighted by molar-refractivity contribution is 4.98. The summed E-state index contributed by atoms with van der Waals surface area (Å²) in [6.07, 6.45) is 1.34. The van der Waals surface area contributed by atoms with Gasteiger partial charge in [0.1, 0.15) is 0 Å². The van der Waals surface area contributed by atoms with Crippen molar-refractivity contribution in [1.29, 1.82) is 0 Å². The molecule has 0 radical (unpaired) electrons. The van der Waals surface area contributed by atoms with E-state index in [1.807, 2.05) is 20.8 Å². The van der Waals surface area contributed by atoms with E-state index in [9.17, 15) is 0 Å². The predicted octanol–water partition coefficient (Wildman–Crippen LogP) is 2.07. The third kappa shape index (κ3) is 3.27. The van der Waals surface area contributed by atoms with Crippen molar-refractivity contribution in [3.8, 4) is 0 Å². The molecule has 0 saturated heterocycles. The summed E-state index contributed by atoms with van der Waals surface area (Å²) in [5.41, 5.74) is 0. The van der Waals surface area contributed by atoms with Crippen LogP contribution in [-0.4, -0.2) is 19.8 Å². The summed E-state index contributed by atoms with van der Waals surface area (Å²) in [6.45, 7) is 6.99. The van der Waals surface area contributed by atoms with Crippen LogP contribution in [0.25, 0.3) is 0 Å². The third-order valence-corrected chi connectivity index (χ3v) is 1.46. The van der Waals surface area contributed by atoms with E-state index in [1.54, 1.807) is 0 Å². The van der Waals surface area contributed by atoms with Gasteiger partial charge < -0.3 is 23.7 Å². The summed E-state index contributed by atoms with van der Waals surface area (Å²) in [7, 11) is 0. The molecule has 86 valence electrons. The van der Waals surface area contributed by atoms with Gasteiger partial charge >= 0.3 is 17.8 Å². The molecular weight excluding hydrogens is 200 g/mol. The first-order valence-corrected chi connectivity index (χ1v) is 4.99. The Morgan fingerprint density at radius 3 is 2.13 bits per heavy atom. The molecule has 0 spiro atoms. The minimum absolute atomic E-state index is 0.199. The lowest BCUT2D eigenvalue weighted by Gasteiger charge is -2.19. The van der Waals surface area contributed by atoms with Crippen molar-refractivity contribution in [2.45, 2.75) is 20.8 Å². The van der Waals surface area contributed by atoms with E-state index >= 15 is 0 Å². The second kappa shape index (κ2) is 6.06. The summed E-state index contributed by atoms with van der Waals surface area (Å²) >= 11 is 0. The van der Waals surface area contributed by atoms with Crippen LogP contribution in [0.1, 0.15) is 20.8 Å². The molecule has 0 N–H and O–H groups in total. The molecule has 1 heterocycles. The zero-order valence-corrected chi connectivity index (χ0v) is 9.24. The van der Waals surface area contributed by atoms with Crippen LogP contribution in [0.2, 0.25) is 0 Å². The molecule has 5 heteroatoms. The lowest BCUT2D eigenvalue weighted by Crippen LogP contribution is -2.12. The van der Waals surface area contributed by atoms with E-state index in [0.717, 1.165) is 0 Å². The first kappa shape index (κ1) is 11.6. The molecular formula is C10H16O5. The first-order chi connectivity index (χ1) is 7.31. The van der Waals surface area contributed by atoms with E-state index in [2.05, 4.69) is 0 Å². The first-order valence-electron chi connectivity index (χ1n) is 4.99. The maximum Gasteiger partial charge on any atom is 0.372 e. The van der Waals surface area contributed by atoms with Crippen LogP contribution >= 0.6 is 0 Å². The summed E-state index contributed by atoms with van der Waals surface area (Å²) in [6, 6.07) is 0. The van der Waals surface area contributed by atoms with Crippen molar-refractivity contribution < 1.29 is 23.7 Å². The van der Waals surface area contributed by atoms with E-state index < -0.39 is 0 Å². The number of ether oxygens (including phenoxy) is 5. The average Bonchev–Trinajstić information content (AvgIpc) is 2.23. The van der Waals surface area contributed by atoms with Crippen LogP contribution in [0.5, 0.6) is 0 Å². The molecule has 0 aromatic heterocycles. The SMILES string of the molecule is CCOC1=COC(OCC)=C(OCC)O1. The lowest BCUT2D eigenvalue weighted by atomic mass is 10.7. The van der Waals surface area contributed by atoms with Crippen LogP contribution in [0.15, 0.2) is 24.1 Å². The molecule has 15 heavy (non-hydrogen) atoms. The van der Waals surface area contributed by atoms with Crippen molar-refractivity contribution in [2.24, 2.45) is 0 Å². The van der Waals surface area contributed by atoms with Gasteiger partial charge in [-0.1, -0.05) is 0 Å². The van der Waals surface area contributed by atoms with Gasteiger partial charge in [-0.25, -0.2) is 0 Å². The summed E-state index contributed by atoms with van der Waals surface area (Å²) in [5.74, 6) is 0.692. The molecule has 0 amide bonds. The zero-order chi connectivity index (χ0) is 11.1. The summed E-state index contributed by atoms with van der Waals surface area (Å²) in [4.78, 5) is 0. The van der Waals surface area contributed by atoms with Crippen LogP contribution in [0.4, 0.5) is 0 Å². The summed E-state index contributed by atoms with van der Waals surface area (Å²) < 4.78 is 26.0. The fourth-order valence-electron chi connectivity index (χ4n) is 0.956.